The number of benzene rings is 1. The predicted octanol–water partition coefficient (Wildman–Crippen LogP) is 3.94. The molecule has 0 atom stereocenters. The lowest BCUT2D eigenvalue weighted by Crippen LogP contribution is -2.23. The first-order valence-electron chi connectivity index (χ1n) is 8.56. The maximum Gasteiger partial charge on any atom is 0.235 e. The number of fused-ring (bicyclic) bond motifs is 2. The first kappa shape index (κ1) is 14.5. The molecule has 0 bridgehead atoms. The maximum absolute atomic E-state index is 12.0. The van der Waals surface area contributed by atoms with Crippen LogP contribution in [0.2, 0.25) is 0 Å². The van der Waals surface area contributed by atoms with Crippen LogP contribution in [0.15, 0.2) is 48.3 Å². The van der Waals surface area contributed by atoms with Gasteiger partial charge in [0, 0.05) is 29.2 Å². The maximum atomic E-state index is 12.0. The zero-order valence-electron chi connectivity index (χ0n) is 14.0. The highest BCUT2D eigenvalue weighted by Gasteiger charge is 2.52. The molecule has 1 spiro atoms. The van der Waals surface area contributed by atoms with Crippen LogP contribution in [0, 0.1) is 0 Å². The van der Waals surface area contributed by atoms with E-state index in [1.165, 1.54) is 5.56 Å². The summed E-state index contributed by atoms with van der Waals surface area (Å²) in [5.41, 5.74) is 3.03. The fraction of sp³-hybridized carbons (Fsp3) is 0.300. The Morgan fingerprint density at radius 3 is 2.80 bits per heavy atom. The lowest BCUT2D eigenvalue weighted by atomic mass is 9.97. The number of rotatable bonds is 3. The van der Waals surface area contributed by atoms with E-state index < -0.39 is 0 Å². The summed E-state index contributed by atoms with van der Waals surface area (Å²) in [6, 6.07) is 9.60. The van der Waals surface area contributed by atoms with E-state index in [1.807, 2.05) is 43.3 Å². The lowest BCUT2D eigenvalue weighted by Gasteiger charge is -2.18. The molecule has 0 unspecified atom stereocenters. The summed E-state index contributed by atoms with van der Waals surface area (Å²) in [5, 5.41) is 0. The number of nitrogens with zero attached hydrogens (tertiary/aromatic N) is 2. The Balaban J connectivity index is 1.42. The molecule has 0 radical (unpaired) electrons. The Kier molecular flexibility index (Phi) is 2.95. The number of ether oxygens (including phenoxy) is 2. The fourth-order valence-corrected chi connectivity index (χ4v) is 3.71. The predicted molar refractivity (Wildman–Crippen MR) is 93.0 cm³/mol. The van der Waals surface area contributed by atoms with Gasteiger partial charge in [-0.3, -0.25) is 9.69 Å². The summed E-state index contributed by atoms with van der Waals surface area (Å²) in [7, 11) is 0. The number of amides is 1. The Labute approximate surface area is 145 Å². The third-order valence-corrected chi connectivity index (χ3v) is 5.24. The number of carbonyl (C=O) groups excluding carboxylic acids is 1. The van der Waals surface area contributed by atoms with Gasteiger partial charge in [0.25, 0.3) is 0 Å². The molecule has 2 aliphatic heterocycles. The van der Waals surface area contributed by atoms with E-state index in [0.717, 1.165) is 42.3 Å². The number of allylic oxidation sites excluding steroid dienone is 1. The zero-order valence-corrected chi connectivity index (χ0v) is 14.0. The summed E-state index contributed by atoms with van der Waals surface area (Å²) >= 11 is 0. The molecule has 25 heavy (non-hydrogen) atoms. The SMILES string of the molecule is CC1=CCC(=O)N1c1ccc(Oc2cccc3c2C2(CC2)CO3)nc1. The minimum Gasteiger partial charge on any atom is -0.492 e. The van der Waals surface area contributed by atoms with Gasteiger partial charge < -0.3 is 9.47 Å². The smallest absolute Gasteiger partial charge is 0.235 e. The second-order valence-electron chi connectivity index (χ2n) is 6.93. The minimum atomic E-state index is 0.0710. The molecule has 5 heteroatoms. The van der Waals surface area contributed by atoms with Crippen LogP contribution in [0.3, 0.4) is 0 Å². The van der Waals surface area contributed by atoms with E-state index in [9.17, 15) is 4.79 Å². The van der Waals surface area contributed by atoms with Gasteiger partial charge in [-0.2, -0.15) is 0 Å². The Bertz CT molecular complexity index is 898. The van der Waals surface area contributed by atoms with Crippen LogP contribution in [0.1, 0.15) is 31.7 Å². The van der Waals surface area contributed by atoms with Crippen LogP contribution < -0.4 is 14.4 Å². The van der Waals surface area contributed by atoms with E-state index in [0.29, 0.717) is 12.3 Å². The molecule has 1 aromatic heterocycles. The molecule has 1 amide bonds. The molecule has 2 aromatic rings. The van der Waals surface area contributed by atoms with Gasteiger partial charge >= 0.3 is 0 Å². The first-order valence-corrected chi connectivity index (χ1v) is 8.56. The molecule has 3 heterocycles. The van der Waals surface area contributed by atoms with Crippen LogP contribution >= 0.6 is 0 Å². The third-order valence-electron chi connectivity index (χ3n) is 5.24. The molecular weight excluding hydrogens is 316 g/mol. The summed E-state index contributed by atoms with van der Waals surface area (Å²) in [5.74, 6) is 2.34. The van der Waals surface area contributed by atoms with E-state index in [-0.39, 0.29) is 11.3 Å². The fourth-order valence-electron chi connectivity index (χ4n) is 3.71. The summed E-state index contributed by atoms with van der Waals surface area (Å²) in [4.78, 5) is 18.0. The molecule has 5 rings (SSSR count). The van der Waals surface area contributed by atoms with Gasteiger partial charge in [0.2, 0.25) is 11.8 Å². The first-order chi connectivity index (χ1) is 12.2. The molecule has 0 N–H and O–H groups in total. The largest absolute Gasteiger partial charge is 0.492 e. The highest BCUT2D eigenvalue weighted by atomic mass is 16.5. The number of hydrogen-bond donors (Lipinski definition) is 0. The normalized spacial score (nSPS) is 19.6. The van der Waals surface area contributed by atoms with E-state index in [1.54, 1.807) is 11.1 Å². The van der Waals surface area contributed by atoms with Crippen molar-refractivity contribution in [3.63, 3.8) is 0 Å². The van der Waals surface area contributed by atoms with Crippen molar-refractivity contribution in [1.82, 2.24) is 4.98 Å². The van der Waals surface area contributed by atoms with Gasteiger partial charge in [-0.15, -0.1) is 0 Å². The molecule has 1 fully saturated rings. The van der Waals surface area contributed by atoms with E-state index >= 15 is 0 Å². The highest BCUT2D eigenvalue weighted by molar-refractivity contribution is 5.99. The minimum absolute atomic E-state index is 0.0710. The van der Waals surface area contributed by atoms with Gasteiger partial charge in [0.15, 0.2) is 0 Å². The topological polar surface area (TPSA) is 51.7 Å². The third kappa shape index (κ3) is 2.22. The zero-order chi connectivity index (χ0) is 17.0. The van der Waals surface area contributed by atoms with Crippen molar-refractivity contribution in [3.05, 3.63) is 53.9 Å². The molecule has 5 nitrogen and oxygen atoms in total. The second kappa shape index (κ2) is 5.09. The van der Waals surface area contributed by atoms with Crippen molar-refractivity contribution in [3.8, 4) is 17.4 Å². The summed E-state index contributed by atoms with van der Waals surface area (Å²) in [6.45, 7) is 2.68. The summed E-state index contributed by atoms with van der Waals surface area (Å²) in [6.07, 6.45) is 6.35. The van der Waals surface area contributed by atoms with Crippen molar-refractivity contribution in [2.24, 2.45) is 0 Å². The summed E-state index contributed by atoms with van der Waals surface area (Å²) < 4.78 is 11.9. The molecule has 3 aliphatic rings. The Morgan fingerprint density at radius 2 is 2.12 bits per heavy atom. The molecule has 126 valence electrons. The average molecular weight is 334 g/mol. The van der Waals surface area contributed by atoms with Crippen molar-refractivity contribution >= 4 is 11.6 Å². The van der Waals surface area contributed by atoms with E-state index in [2.05, 4.69) is 4.98 Å². The van der Waals surface area contributed by atoms with Gasteiger partial charge in [-0.25, -0.2) is 4.98 Å². The number of carbonyl (C=O) groups is 1. The average Bonchev–Trinajstić information content (AvgIpc) is 3.19. The molecule has 1 saturated carbocycles. The molecule has 1 aliphatic carbocycles. The molecule has 0 saturated heterocycles. The van der Waals surface area contributed by atoms with Gasteiger partial charge in [0.1, 0.15) is 11.5 Å². The van der Waals surface area contributed by atoms with Gasteiger partial charge in [0.05, 0.1) is 18.5 Å². The Morgan fingerprint density at radius 1 is 1.24 bits per heavy atom. The number of anilines is 1. The van der Waals surface area contributed by atoms with Gasteiger partial charge in [-0.1, -0.05) is 12.1 Å². The van der Waals surface area contributed by atoms with Crippen LogP contribution in [0.25, 0.3) is 0 Å². The second-order valence-corrected chi connectivity index (χ2v) is 6.93. The van der Waals surface area contributed by atoms with Crippen molar-refractivity contribution < 1.29 is 14.3 Å². The van der Waals surface area contributed by atoms with E-state index in [4.69, 9.17) is 9.47 Å². The van der Waals surface area contributed by atoms with Crippen LogP contribution in [0.4, 0.5) is 5.69 Å². The molecule has 1 aromatic carbocycles. The monoisotopic (exact) mass is 334 g/mol. The van der Waals surface area contributed by atoms with Gasteiger partial charge in [-0.05, 0) is 38.0 Å². The van der Waals surface area contributed by atoms with Crippen LogP contribution in [0.5, 0.6) is 17.4 Å². The molecular formula is C20H18N2O3. The highest BCUT2D eigenvalue weighted by Crippen LogP contribution is 2.58. The van der Waals surface area contributed by atoms with Crippen molar-refractivity contribution in [1.29, 1.82) is 0 Å². The van der Waals surface area contributed by atoms with Crippen molar-refractivity contribution in [2.45, 2.75) is 31.6 Å². The quantitative estimate of drug-likeness (QED) is 0.853. The van der Waals surface area contributed by atoms with Crippen LogP contribution in [-0.2, 0) is 10.2 Å². The lowest BCUT2D eigenvalue weighted by molar-refractivity contribution is -0.116. The van der Waals surface area contributed by atoms with Crippen LogP contribution in [-0.4, -0.2) is 17.5 Å². The Hall–Kier alpha value is -2.82. The van der Waals surface area contributed by atoms with Crippen molar-refractivity contribution in [2.75, 3.05) is 11.5 Å². The number of aromatic nitrogens is 1. The number of pyridine rings is 1. The standard InChI is InChI=1S/C20H18N2O3/c1-13-5-8-18(23)22(13)14-6-7-17(21-11-14)25-16-4-2-3-15-19(16)20(9-10-20)12-24-15/h2-7,11H,8-10,12H2,1H3. The number of hydrogen-bond acceptors (Lipinski definition) is 4.